The average molecular weight is 284 g/mol. The number of benzene rings is 2. The van der Waals surface area contributed by atoms with Gasteiger partial charge in [0.15, 0.2) is 6.29 Å². The van der Waals surface area contributed by atoms with Gasteiger partial charge in [0.1, 0.15) is 0 Å². The highest BCUT2D eigenvalue weighted by Gasteiger charge is 2.15. The van der Waals surface area contributed by atoms with E-state index in [0.717, 1.165) is 5.69 Å². The van der Waals surface area contributed by atoms with Crippen molar-refractivity contribution in [2.75, 3.05) is 11.9 Å². The van der Waals surface area contributed by atoms with Gasteiger partial charge in [0.2, 0.25) is 0 Å². The number of nitro benzene ring substituents is 1. The Morgan fingerprint density at radius 3 is 2.57 bits per heavy atom. The molecule has 5 heteroatoms. The van der Waals surface area contributed by atoms with Crippen molar-refractivity contribution in [2.24, 2.45) is 0 Å². The Hall–Kier alpha value is -2.69. The third-order valence-corrected chi connectivity index (χ3v) is 3.44. The molecule has 0 fully saturated rings. The molecule has 0 spiro atoms. The summed E-state index contributed by atoms with van der Waals surface area (Å²) in [5, 5.41) is 10.8. The summed E-state index contributed by atoms with van der Waals surface area (Å²) in [5.41, 5.74) is 3.05. The minimum absolute atomic E-state index is 0.0918. The van der Waals surface area contributed by atoms with Gasteiger partial charge in [-0.05, 0) is 30.2 Å². The van der Waals surface area contributed by atoms with Gasteiger partial charge in [-0.2, -0.15) is 0 Å². The van der Waals surface area contributed by atoms with Gasteiger partial charge in [-0.25, -0.2) is 0 Å². The fourth-order valence-corrected chi connectivity index (χ4v) is 2.17. The van der Waals surface area contributed by atoms with E-state index >= 15 is 0 Å². The molecule has 2 aromatic rings. The van der Waals surface area contributed by atoms with Gasteiger partial charge in [0.25, 0.3) is 5.69 Å². The molecule has 0 radical (unpaired) electrons. The molecule has 0 saturated carbocycles. The molecular formula is C16H16N2O3. The van der Waals surface area contributed by atoms with Gasteiger partial charge in [0, 0.05) is 25.3 Å². The summed E-state index contributed by atoms with van der Waals surface area (Å²) < 4.78 is 0. The lowest BCUT2D eigenvalue weighted by Crippen LogP contribution is -2.17. The number of anilines is 1. The van der Waals surface area contributed by atoms with E-state index in [4.69, 9.17) is 0 Å². The number of carbonyl (C=O) groups excluding carboxylic acids is 1. The molecule has 0 atom stereocenters. The molecular weight excluding hydrogens is 268 g/mol. The van der Waals surface area contributed by atoms with Crippen molar-refractivity contribution in [1.82, 2.24) is 0 Å². The molecule has 0 unspecified atom stereocenters. The van der Waals surface area contributed by atoms with Crippen molar-refractivity contribution in [3.8, 4) is 0 Å². The molecule has 2 aromatic carbocycles. The summed E-state index contributed by atoms with van der Waals surface area (Å²) in [6.45, 7) is 2.71. The lowest BCUT2D eigenvalue weighted by atomic mass is 10.1. The Morgan fingerprint density at radius 2 is 1.95 bits per heavy atom. The van der Waals surface area contributed by atoms with Crippen LogP contribution >= 0.6 is 0 Å². The van der Waals surface area contributed by atoms with Crippen LogP contribution in [0.5, 0.6) is 0 Å². The lowest BCUT2D eigenvalue weighted by Gasteiger charge is -2.20. The Balaban J connectivity index is 2.28. The van der Waals surface area contributed by atoms with Crippen LogP contribution in [0, 0.1) is 17.0 Å². The number of nitro groups is 1. The molecule has 0 saturated heterocycles. The van der Waals surface area contributed by atoms with E-state index in [2.05, 4.69) is 0 Å². The van der Waals surface area contributed by atoms with E-state index in [9.17, 15) is 14.9 Å². The van der Waals surface area contributed by atoms with Crippen LogP contribution in [-0.2, 0) is 6.54 Å². The maximum Gasteiger partial charge on any atom is 0.280 e. The fourth-order valence-electron chi connectivity index (χ4n) is 2.17. The molecule has 0 amide bonds. The number of rotatable bonds is 5. The average Bonchev–Trinajstić information content (AvgIpc) is 2.48. The first kappa shape index (κ1) is 14.7. The molecule has 0 aliphatic carbocycles. The van der Waals surface area contributed by atoms with Crippen LogP contribution in [-0.4, -0.2) is 18.3 Å². The van der Waals surface area contributed by atoms with Gasteiger partial charge in [-0.15, -0.1) is 0 Å². The van der Waals surface area contributed by atoms with Crippen LogP contribution in [0.3, 0.4) is 0 Å². The zero-order valence-corrected chi connectivity index (χ0v) is 11.9. The van der Waals surface area contributed by atoms with Crippen molar-refractivity contribution in [1.29, 1.82) is 0 Å². The van der Waals surface area contributed by atoms with Crippen LogP contribution in [0.25, 0.3) is 0 Å². The third-order valence-electron chi connectivity index (χ3n) is 3.44. The van der Waals surface area contributed by atoms with Crippen LogP contribution in [0.15, 0.2) is 42.5 Å². The van der Waals surface area contributed by atoms with Gasteiger partial charge < -0.3 is 4.90 Å². The molecule has 108 valence electrons. The van der Waals surface area contributed by atoms with Crippen LogP contribution in [0.4, 0.5) is 11.4 Å². The molecule has 0 heterocycles. The van der Waals surface area contributed by atoms with Crippen molar-refractivity contribution in [2.45, 2.75) is 13.5 Å². The fraction of sp³-hybridized carbons (Fsp3) is 0.188. The maximum absolute atomic E-state index is 11.0. The first-order valence-corrected chi connectivity index (χ1v) is 6.52. The molecule has 2 rings (SSSR count). The molecule has 21 heavy (non-hydrogen) atoms. The number of carbonyl (C=O) groups is 1. The second kappa shape index (κ2) is 6.17. The predicted molar refractivity (Wildman–Crippen MR) is 81.8 cm³/mol. The number of hydrogen-bond donors (Lipinski definition) is 0. The Labute approximate surface area is 123 Å². The smallest absolute Gasteiger partial charge is 0.280 e. The van der Waals surface area contributed by atoms with Gasteiger partial charge >= 0.3 is 0 Å². The zero-order chi connectivity index (χ0) is 15.4. The maximum atomic E-state index is 11.0. The van der Waals surface area contributed by atoms with E-state index in [1.807, 2.05) is 43.1 Å². The van der Waals surface area contributed by atoms with Crippen molar-refractivity contribution in [3.63, 3.8) is 0 Å². The van der Waals surface area contributed by atoms with E-state index in [-0.39, 0.29) is 11.3 Å². The van der Waals surface area contributed by atoms with E-state index in [1.165, 1.54) is 17.2 Å². The summed E-state index contributed by atoms with van der Waals surface area (Å²) in [5.74, 6) is 0. The molecule has 0 aliphatic heterocycles. The highest BCUT2D eigenvalue weighted by molar-refractivity contribution is 5.83. The number of aryl methyl sites for hydroxylation is 1. The topological polar surface area (TPSA) is 63.4 Å². The summed E-state index contributed by atoms with van der Waals surface area (Å²) in [7, 11) is 1.89. The predicted octanol–water partition coefficient (Wildman–Crippen LogP) is 3.35. The van der Waals surface area contributed by atoms with Crippen molar-refractivity contribution in [3.05, 3.63) is 69.3 Å². The minimum Gasteiger partial charge on any atom is -0.370 e. The summed E-state index contributed by atoms with van der Waals surface area (Å²) in [6.07, 6.45) is 0.517. The van der Waals surface area contributed by atoms with E-state index in [0.29, 0.717) is 12.8 Å². The van der Waals surface area contributed by atoms with Crippen LogP contribution in [0.2, 0.25) is 0 Å². The normalized spacial score (nSPS) is 10.2. The van der Waals surface area contributed by atoms with Gasteiger partial charge in [-0.3, -0.25) is 14.9 Å². The number of nitrogens with zero attached hydrogens (tertiary/aromatic N) is 2. The molecule has 0 aromatic heterocycles. The number of hydrogen-bond acceptors (Lipinski definition) is 4. The molecule has 0 aliphatic rings. The second-order valence-electron chi connectivity index (χ2n) is 4.90. The molecule has 0 bridgehead atoms. The highest BCUT2D eigenvalue weighted by Crippen LogP contribution is 2.24. The quantitative estimate of drug-likeness (QED) is 0.480. The standard InChI is InChI=1S/C16H16N2O3/c1-12-5-3-4-6-13(12)10-17(2)15-7-8-16(18(20)21)14(9-15)11-19/h3-9,11H,10H2,1-2H3. The Bertz CT molecular complexity index is 683. The van der Waals surface area contributed by atoms with Gasteiger partial charge in [-0.1, -0.05) is 24.3 Å². The van der Waals surface area contributed by atoms with Crippen molar-refractivity contribution < 1.29 is 9.72 Å². The SMILES string of the molecule is Cc1ccccc1CN(C)c1ccc([N+](=O)[O-])c(C=O)c1. The van der Waals surface area contributed by atoms with E-state index in [1.54, 1.807) is 12.1 Å². The van der Waals surface area contributed by atoms with Crippen molar-refractivity contribution >= 4 is 17.7 Å². The van der Waals surface area contributed by atoms with Gasteiger partial charge in [0.05, 0.1) is 10.5 Å². The summed E-state index contributed by atoms with van der Waals surface area (Å²) in [4.78, 5) is 23.2. The molecule has 0 N–H and O–H groups in total. The van der Waals surface area contributed by atoms with Crippen LogP contribution < -0.4 is 4.90 Å². The zero-order valence-electron chi connectivity index (χ0n) is 11.9. The monoisotopic (exact) mass is 284 g/mol. The lowest BCUT2D eigenvalue weighted by molar-refractivity contribution is -0.385. The second-order valence-corrected chi connectivity index (χ2v) is 4.90. The summed E-state index contributed by atoms with van der Waals surface area (Å²) in [6, 6.07) is 12.6. The van der Waals surface area contributed by atoms with Crippen LogP contribution in [0.1, 0.15) is 21.5 Å². The summed E-state index contributed by atoms with van der Waals surface area (Å²) >= 11 is 0. The highest BCUT2D eigenvalue weighted by atomic mass is 16.6. The van der Waals surface area contributed by atoms with E-state index < -0.39 is 4.92 Å². The largest absolute Gasteiger partial charge is 0.370 e. The first-order valence-electron chi connectivity index (χ1n) is 6.52. The minimum atomic E-state index is -0.547. The first-order chi connectivity index (χ1) is 10.0. The Morgan fingerprint density at radius 1 is 1.24 bits per heavy atom. The molecule has 5 nitrogen and oxygen atoms in total. The number of aldehydes is 1. The third kappa shape index (κ3) is 3.25. The Kier molecular flexibility index (Phi) is 4.33.